The van der Waals surface area contributed by atoms with Gasteiger partial charge >= 0.3 is 8.25 Å². The molecule has 160 valence electrons. The van der Waals surface area contributed by atoms with E-state index in [2.05, 4.69) is 48.8 Å². The SMILES string of the molecule is C[C@H]1[C@@H](O[Si](C)(C)C(C)(C)C)[C@H](n2cnc3c(=O)[nH]cnc32)O[C@@H]1CO[P+](=O)O. The van der Waals surface area contributed by atoms with Crippen molar-refractivity contribution in [1.29, 1.82) is 0 Å². The summed E-state index contributed by atoms with van der Waals surface area (Å²) in [7, 11) is -4.89. The molecule has 2 aromatic rings. The molecule has 0 aromatic carbocycles. The molecule has 1 unspecified atom stereocenters. The third-order valence-electron chi connectivity index (χ3n) is 5.93. The Balaban J connectivity index is 1.99. The summed E-state index contributed by atoms with van der Waals surface area (Å²) >= 11 is 0. The second-order valence-electron chi connectivity index (χ2n) is 8.86. The molecule has 0 amide bonds. The minimum Gasteiger partial charge on any atom is -0.409 e. The van der Waals surface area contributed by atoms with Gasteiger partial charge in [-0.1, -0.05) is 27.7 Å². The van der Waals surface area contributed by atoms with E-state index in [9.17, 15) is 9.36 Å². The van der Waals surface area contributed by atoms with Crippen LogP contribution in [0.3, 0.4) is 0 Å². The highest BCUT2D eigenvalue weighted by Crippen LogP contribution is 2.44. The molecule has 0 radical (unpaired) electrons. The number of nitrogens with one attached hydrogen (secondary N) is 1. The number of aromatic amines is 1. The van der Waals surface area contributed by atoms with Gasteiger partial charge in [0.2, 0.25) is 0 Å². The molecular weight excluding hydrogens is 415 g/mol. The van der Waals surface area contributed by atoms with E-state index in [0.29, 0.717) is 5.65 Å². The Labute approximate surface area is 170 Å². The van der Waals surface area contributed by atoms with Gasteiger partial charge in [0.05, 0.1) is 24.9 Å². The summed E-state index contributed by atoms with van der Waals surface area (Å²) in [4.78, 5) is 32.0. The first-order chi connectivity index (χ1) is 13.4. The summed E-state index contributed by atoms with van der Waals surface area (Å²) < 4.78 is 30.5. The first-order valence-corrected chi connectivity index (χ1v) is 13.5. The van der Waals surface area contributed by atoms with Crippen LogP contribution >= 0.6 is 8.25 Å². The average molecular weight is 443 g/mol. The Kier molecular flexibility index (Phi) is 6.10. The van der Waals surface area contributed by atoms with E-state index in [-0.39, 0.29) is 34.7 Å². The van der Waals surface area contributed by atoms with Crippen molar-refractivity contribution in [2.45, 2.75) is 64.3 Å². The maximum absolute atomic E-state index is 12.0. The molecule has 1 fully saturated rings. The zero-order valence-electron chi connectivity index (χ0n) is 17.4. The number of hydrogen-bond acceptors (Lipinski definition) is 7. The van der Waals surface area contributed by atoms with E-state index in [0.717, 1.165) is 0 Å². The maximum Gasteiger partial charge on any atom is 0.694 e. The molecule has 2 aromatic heterocycles. The smallest absolute Gasteiger partial charge is 0.409 e. The van der Waals surface area contributed by atoms with Crippen molar-refractivity contribution >= 4 is 27.7 Å². The third kappa shape index (κ3) is 4.35. The summed E-state index contributed by atoms with van der Waals surface area (Å²) in [6, 6.07) is 0. The number of ether oxygens (including phenoxy) is 1. The standard InChI is InChI=1S/C17H27N4O6PSi/c1-10-11(7-25-28(23)24)26-16(13(10)27-29(5,6)17(2,3)4)21-9-20-12-14(21)18-8-19-15(12)22/h8-11,13,16H,7H2,1-6H3,(H-,18,19,22,23,24)/p+1/t10-,11-,13-,16-/m1/s1. The van der Waals surface area contributed by atoms with Crippen molar-refractivity contribution in [3.63, 3.8) is 0 Å². The Morgan fingerprint density at radius 3 is 2.69 bits per heavy atom. The topological polar surface area (TPSA) is 129 Å². The minimum atomic E-state index is -2.73. The lowest BCUT2D eigenvalue weighted by molar-refractivity contribution is -0.0437. The van der Waals surface area contributed by atoms with Crippen molar-refractivity contribution in [2.75, 3.05) is 6.61 Å². The van der Waals surface area contributed by atoms with Gasteiger partial charge in [0.1, 0.15) is 6.61 Å². The van der Waals surface area contributed by atoms with E-state index >= 15 is 0 Å². The number of H-pyrrole nitrogens is 1. The predicted molar refractivity (Wildman–Crippen MR) is 109 cm³/mol. The molecule has 3 heterocycles. The fourth-order valence-corrected chi connectivity index (χ4v) is 4.78. The van der Waals surface area contributed by atoms with Gasteiger partial charge in [0, 0.05) is 10.5 Å². The molecule has 10 nitrogen and oxygen atoms in total. The van der Waals surface area contributed by atoms with Crippen molar-refractivity contribution in [3.8, 4) is 0 Å². The first kappa shape index (κ1) is 22.2. The largest absolute Gasteiger partial charge is 0.694 e. The lowest BCUT2D eigenvalue weighted by atomic mass is 10.0. The Bertz CT molecular complexity index is 955. The van der Waals surface area contributed by atoms with Crippen LogP contribution in [0, 0.1) is 5.92 Å². The van der Waals surface area contributed by atoms with Gasteiger partial charge in [-0.2, -0.15) is 0 Å². The lowest BCUT2D eigenvalue weighted by Crippen LogP contribution is -2.46. The van der Waals surface area contributed by atoms with Crippen LogP contribution in [0.4, 0.5) is 0 Å². The number of fused-ring (bicyclic) bond motifs is 1. The van der Waals surface area contributed by atoms with Crippen molar-refractivity contribution in [1.82, 2.24) is 19.5 Å². The summed E-state index contributed by atoms with van der Waals surface area (Å²) in [6.45, 7) is 12.7. The van der Waals surface area contributed by atoms with Gasteiger partial charge < -0.3 is 14.1 Å². The molecule has 29 heavy (non-hydrogen) atoms. The predicted octanol–water partition coefficient (Wildman–Crippen LogP) is 2.71. The highest BCUT2D eigenvalue weighted by atomic mass is 31.1. The molecule has 1 aliphatic heterocycles. The van der Waals surface area contributed by atoms with E-state index in [4.69, 9.17) is 18.6 Å². The van der Waals surface area contributed by atoms with E-state index < -0.39 is 28.9 Å². The van der Waals surface area contributed by atoms with Gasteiger partial charge in [-0.15, -0.1) is 9.42 Å². The van der Waals surface area contributed by atoms with E-state index in [1.165, 1.54) is 12.7 Å². The molecule has 2 N–H and O–H groups in total. The van der Waals surface area contributed by atoms with Crippen LogP contribution in [-0.4, -0.2) is 51.5 Å². The zero-order valence-corrected chi connectivity index (χ0v) is 19.3. The zero-order chi connectivity index (χ0) is 21.6. The van der Waals surface area contributed by atoms with Gasteiger partial charge in [0.25, 0.3) is 5.56 Å². The van der Waals surface area contributed by atoms with Crippen LogP contribution in [0.5, 0.6) is 0 Å². The number of hydrogen-bond donors (Lipinski definition) is 2. The second-order valence-corrected chi connectivity index (χ2v) is 14.3. The van der Waals surface area contributed by atoms with Crippen LogP contribution in [-0.2, 0) is 18.3 Å². The molecule has 5 atom stereocenters. The summed E-state index contributed by atoms with van der Waals surface area (Å²) in [5.41, 5.74) is 0.274. The van der Waals surface area contributed by atoms with Crippen LogP contribution in [0.15, 0.2) is 17.4 Å². The number of rotatable bonds is 6. The van der Waals surface area contributed by atoms with Crippen LogP contribution in [0.25, 0.3) is 11.2 Å². The Hall–Kier alpha value is -1.49. The highest BCUT2D eigenvalue weighted by molar-refractivity contribution is 7.32. The van der Waals surface area contributed by atoms with E-state index in [1.54, 1.807) is 4.57 Å². The normalized spacial score (nSPS) is 26.2. The summed E-state index contributed by atoms with van der Waals surface area (Å²) in [5, 5.41) is -0.0211. The first-order valence-electron chi connectivity index (χ1n) is 9.45. The number of imidazole rings is 1. The summed E-state index contributed by atoms with van der Waals surface area (Å²) in [5.74, 6) is -0.122. The molecule has 0 spiro atoms. The van der Waals surface area contributed by atoms with Crippen molar-refractivity contribution < 1.29 is 23.1 Å². The van der Waals surface area contributed by atoms with Crippen molar-refractivity contribution in [3.05, 3.63) is 23.0 Å². The minimum absolute atomic E-state index is 0.0211. The van der Waals surface area contributed by atoms with Crippen LogP contribution < -0.4 is 5.56 Å². The third-order valence-corrected chi connectivity index (χ3v) is 10.8. The maximum atomic E-state index is 12.0. The molecule has 0 aliphatic carbocycles. The molecule has 1 aliphatic rings. The molecule has 3 rings (SSSR count). The fourth-order valence-electron chi connectivity index (χ4n) is 3.14. The molecule has 0 saturated carbocycles. The van der Waals surface area contributed by atoms with Gasteiger partial charge in [0.15, 0.2) is 25.7 Å². The quantitative estimate of drug-likeness (QED) is 0.515. The lowest BCUT2D eigenvalue weighted by Gasteiger charge is -2.40. The molecular formula is C17H28N4O6PSi+. The average Bonchev–Trinajstić information content (AvgIpc) is 3.15. The highest BCUT2D eigenvalue weighted by Gasteiger charge is 2.50. The van der Waals surface area contributed by atoms with Gasteiger partial charge in [-0.3, -0.25) is 9.36 Å². The van der Waals surface area contributed by atoms with Gasteiger partial charge in [-0.05, 0) is 18.1 Å². The second kappa shape index (κ2) is 7.97. The molecule has 0 bridgehead atoms. The van der Waals surface area contributed by atoms with Crippen LogP contribution in [0.2, 0.25) is 18.1 Å². The molecule has 12 heteroatoms. The van der Waals surface area contributed by atoms with Crippen LogP contribution in [0.1, 0.15) is 33.9 Å². The Morgan fingerprint density at radius 1 is 1.38 bits per heavy atom. The van der Waals surface area contributed by atoms with E-state index in [1.807, 2.05) is 6.92 Å². The van der Waals surface area contributed by atoms with Gasteiger partial charge in [-0.25, -0.2) is 9.97 Å². The van der Waals surface area contributed by atoms with Crippen molar-refractivity contribution in [2.24, 2.45) is 5.92 Å². The monoisotopic (exact) mass is 443 g/mol. The Morgan fingerprint density at radius 2 is 2.07 bits per heavy atom. The number of nitrogens with zero attached hydrogens (tertiary/aromatic N) is 3. The molecule has 1 saturated heterocycles. The number of aromatic nitrogens is 4. The fraction of sp³-hybridized carbons (Fsp3) is 0.706. The summed E-state index contributed by atoms with van der Waals surface area (Å²) in [6.07, 6.45) is 1.42.